The first-order chi connectivity index (χ1) is 8.79. The Morgan fingerprint density at radius 2 is 1.84 bits per heavy atom. The fourth-order valence-electron chi connectivity index (χ4n) is 1.58. The molecule has 1 aromatic carbocycles. The number of benzene rings is 1. The lowest BCUT2D eigenvalue weighted by Crippen LogP contribution is -2.08. The van der Waals surface area contributed by atoms with Crippen molar-refractivity contribution in [1.82, 2.24) is 9.78 Å². The zero-order valence-electron chi connectivity index (χ0n) is 9.90. The summed E-state index contributed by atoms with van der Waals surface area (Å²) in [5, 5.41) is 3.43. The van der Waals surface area contributed by atoms with Crippen molar-refractivity contribution in [2.24, 2.45) is 0 Å². The zero-order valence-corrected chi connectivity index (χ0v) is 9.90. The van der Waals surface area contributed by atoms with Crippen LogP contribution in [0, 0.1) is 0 Å². The van der Waals surface area contributed by atoms with Crippen LogP contribution in [-0.2, 0) is 6.18 Å². The van der Waals surface area contributed by atoms with Crippen LogP contribution in [0.4, 0.5) is 18.9 Å². The first-order valence-electron chi connectivity index (χ1n) is 5.33. The molecule has 2 N–H and O–H groups in total. The number of carbonyl (C=O) groups is 1. The van der Waals surface area contributed by atoms with Crippen LogP contribution in [0.15, 0.2) is 30.3 Å². The number of rotatable bonds is 2. The lowest BCUT2D eigenvalue weighted by molar-refractivity contribution is -0.141. The Morgan fingerprint density at radius 1 is 1.26 bits per heavy atom. The number of halogens is 3. The third-order valence-electron chi connectivity index (χ3n) is 2.50. The normalized spacial score (nSPS) is 11.6. The number of nitrogens with two attached hydrogens (primary N) is 1. The molecule has 0 unspecified atom stereocenters. The molecule has 2 aromatic rings. The number of ketones is 1. The van der Waals surface area contributed by atoms with E-state index in [1.807, 2.05) is 0 Å². The maximum absolute atomic E-state index is 12.6. The molecule has 1 aromatic heterocycles. The van der Waals surface area contributed by atoms with Crippen molar-refractivity contribution in [3.8, 4) is 5.69 Å². The second-order valence-electron chi connectivity index (χ2n) is 3.97. The Kier molecular flexibility index (Phi) is 3.05. The number of hydrogen-bond acceptors (Lipinski definition) is 3. The molecule has 0 bridgehead atoms. The van der Waals surface area contributed by atoms with E-state index in [2.05, 4.69) is 5.10 Å². The van der Waals surface area contributed by atoms with Crippen LogP contribution < -0.4 is 5.73 Å². The Bertz CT molecular complexity index is 614. The highest BCUT2D eigenvalue weighted by Crippen LogP contribution is 2.29. The van der Waals surface area contributed by atoms with Gasteiger partial charge in [0, 0.05) is 18.7 Å². The smallest absolute Gasteiger partial charge is 0.399 e. The van der Waals surface area contributed by atoms with Crippen molar-refractivity contribution in [2.75, 3.05) is 5.73 Å². The number of carbonyl (C=O) groups excluding carboxylic acids is 1. The number of aromatic nitrogens is 2. The summed E-state index contributed by atoms with van der Waals surface area (Å²) in [5.41, 5.74) is 5.08. The fraction of sp³-hybridized carbons (Fsp3) is 0.167. The first kappa shape index (κ1) is 13.1. The van der Waals surface area contributed by atoms with Crippen LogP contribution >= 0.6 is 0 Å². The summed E-state index contributed by atoms with van der Waals surface area (Å²) in [6.45, 7) is 1.19. The van der Waals surface area contributed by atoms with Gasteiger partial charge in [0.2, 0.25) is 0 Å². The van der Waals surface area contributed by atoms with E-state index >= 15 is 0 Å². The van der Waals surface area contributed by atoms with E-state index in [1.54, 1.807) is 0 Å². The highest BCUT2D eigenvalue weighted by molar-refractivity contribution is 5.93. The molecular weight excluding hydrogens is 259 g/mol. The van der Waals surface area contributed by atoms with Gasteiger partial charge < -0.3 is 5.73 Å². The van der Waals surface area contributed by atoms with Crippen LogP contribution in [-0.4, -0.2) is 15.6 Å². The Morgan fingerprint density at radius 3 is 2.32 bits per heavy atom. The van der Waals surface area contributed by atoms with Crippen molar-refractivity contribution in [3.63, 3.8) is 0 Å². The average molecular weight is 269 g/mol. The summed E-state index contributed by atoms with van der Waals surface area (Å²) in [6, 6.07) is 6.77. The number of anilines is 1. The summed E-state index contributed by atoms with van der Waals surface area (Å²) >= 11 is 0. The van der Waals surface area contributed by atoms with Crippen LogP contribution in [0.1, 0.15) is 23.1 Å². The average Bonchev–Trinajstić information content (AvgIpc) is 2.74. The van der Waals surface area contributed by atoms with Gasteiger partial charge in [-0.2, -0.15) is 18.3 Å². The maximum atomic E-state index is 12.6. The van der Waals surface area contributed by atoms with Gasteiger partial charge in [0.05, 0.1) is 5.69 Å². The number of alkyl halides is 3. The molecule has 0 amide bonds. The molecule has 0 aliphatic rings. The number of hydrogen-bond donors (Lipinski definition) is 1. The fourth-order valence-corrected chi connectivity index (χ4v) is 1.58. The molecule has 0 saturated heterocycles. The molecule has 100 valence electrons. The van der Waals surface area contributed by atoms with E-state index in [-0.39, 0.29) is 5.69 Å². The van der Waals surface area contributed by atoms with E-state index in [0.717, 1.165) is 10.7 Å². The van der Waals surface area contributed by atoms with Gasteiger partial charge >= 0.3 is 6.18 Å². The van der Waals surface area contributed by atoms with Gasteiger partial charge in [0.1, 0.15) is 5.69 Å². The first-order valence-corrected chi connectivity index (χ1v) is 5.33. The van der Waals surface area contributed by atoms with E-state index in [4.69, 9.17) is 5.73 Å². The van der Waals surface area contributed by atoms with Crippen molar-refractivity contribution < 1.29 is 18.0 Å². The van der Waals surface area contributed by atoms with E-state index in [9.17, 15) is 18.0 Å². The minimum atomic E-state index is -4.59. The molecule has 0 spiro atoms. The third-order valence-corrected chi connectivity index (χ3v) is 2.50. The molecule has 0 radical (unpaired) electrons. The van der Waals surface area contributed by atoms with Gasteiger partial charge in [0.25, 0.3) is 0 Å². The molecular formula is C12H10F3N3O. The topological polar surface area (TPSA) is 60.9 Å². The van der Waals surface area contributed by atoms with Crippen molar-refractivity contribution in [1.29, 1.82) is 0 Å². The van der Waals surface area contributed by atoms with Gasteiger partial charge in [0.15, 0.2) is 11.5 Å². The van der Waals surface area contributed by atoms with E-state index in [0.29, 0.717) is 11.4 Å². The van der Waals surface area contributed by atoms with Crippen LogP contribution in [0.3, 0.4) is 0 Å². The summed E-state index contributed by atoms with van der Waals surface area (Å²) < 4.78 is 38.8. The standard InChI is InChI=1S/C12H10F3N3O/c1-7(19)10-6-11(12(13,14)15)17-18(10)9-4-2-8(16)3-5-9/h2-6H,16H2,1H3. The molecule has 7 heteroatoms. The lowest BCUT2D eigenvalue weighted by atomic mass is 10.2. The van der Waals surface area contributed by atoms with Gasteiger partial charge in [-0.1, -0.05) is 0 Å². The Hall–Kier alpha value is -2.31. The monoisotopic (exact) mass is 269 g/mol. The molecule has 0 saturated carbocycles. The predicted molar refractivity (Wildman–Crippen MR) is 63.0 cm³/mol. The lowest BCUT2D eigenvalue weighted by Gasteiger charge is -2.05. The molecule has 2 rings (SSSR count). The number of Topliss-reactive ketones (excluding diaryl/α,β-unsaturated/α-hetero) is 1. The number of nitrogens with zero attached hydrogens (tertiary/aromatic N) is 2. The SMILES string of the molecule is CC(=O)c1cc(C(F)(F)F)nn1-c1ccc(N)cc1. The van der Waals surface area contributed by atoms with Crippen LogP contribution in [0.25, 0.3) is 5.69 Å². The molecule has 0 aliphatic heterocycles. The molecule has 0 aliphatic carbocycles. The van der Waals surface area contributed by atoms with E-state index < -0.39 is 17.7 Å². The molecule has 0 atom stereocenters. The van der Waals surface area contributed by atoms with Crippen LogP contribution in [0.5, 0.6) is 0 Å². The molecule has 19 heavy (non-hydrogen) atoms. The van der Waals surface area contributed by atoms with Crippen molar-refractivity contribution in [3.05, 3.63) is 41.7 Å². The van der Waals surface area contributed by atoms with Gasteiger partial charge in [-0.3, -0.25) is 4.79 Å². The second-order valence-corrected chi connectivity index (χ2v) is 3.97. The number of nitrogen functional groups attached to an aromatic ring is 1. The van der Waals surface area contributed by atoms with Gasteiger partial charge in [-0.15, -0.1) is 0 Å². The largest absolute Gasteiger partial charge is 0.435 e. The Labute approximate surface area is 106 Å². The van der Waals surface area contributed by atoms with Crippen molar-refractivity contribution >= 4 is 11.5 Å². The third kappa shape index (κ3) is 2.59. The van der Waals surface area contributed by atoms with E-state index in [1.165, 1.54) is 31.2 Å². The molecule has 1 heterocycles. The molecule has 0 fully saturated rings. The Balaban J connectivity index is 2.58. The summed E-state index contributed by atoms with van der Waals surface area (Å²) in [4.78, 5) is 11.4. The zero-order chi connectivity index (χ0) is 14.2. The highest BCUT2D eigenvalue weighted by atomic mass is 19.4. The second kappa shape index (κ2) is 4.42. The van der Waals surface area contributed by atoms with Gasteiger partial charge in [-0.05, 0) is 24.3 Å². The maximum Gasteiger partial charge on any atom is 0.435 e. The van der Waals surface area contributed by atoms with Crippen LogP contribution in [0.2, 0.25) is 0 Å². The van der Waals surface area contributed by atoms with Gasteiger partial charge in [-0.25, -0.2) is 4.68 Å². The minimum Gasteiger partial charge on any atom is -0.399 e. The summed E-state index contributed by atoms with van der Waals surface area (Å²) in [7, 11) is 0. The summed E-state index contributed by atoms with van der Waals surface area (Å²) in [6.07, 6.45) is -4.59. The molecule has 4 nitrogen and oxygen atoms in total. The van der Waals surface area contributed by atoms with Crippen molar-refractivity contribution in [2.45, 2.75) is 13.1 Å². The predicted octanol–water partition coefficient (Wildman–Crippen LogP) is 2.68. The highest BCUT2D eigenvalue weighted by Gasteiger charge is 2.35. The summed E-state index contributed by atoms with van der Waals surface area (Å²) in [5.74, 6) is -0.500. The quantitative estimate of drug-likeness (QED) is 0.673. The minimum absolute atomic E-state index is 0.128.